The van der Waals surface area contributed by atoms with E-state index in [2.05, 4.69) is 4.84 Å². The van der Waals surface area contributed by atoms with Crippen molar-refractivity contribution in [1.29, 1.82) is 0 Å². The van der Waals surface area contributed by atoms with E-state index in [0.29, 0.717) is 0 Å². The van der Waals surface area contributed by atoms with Crippen LogP contribution in [0.5, 0.6) is 5.75 Å². The van der Waals surface area contributed by atoms with E-state index in [1.54, 1.807) is 14.0 Å². The maximum Gasteiger partial charge on any atom is 0.313 e. The molecule has 1 atom stereocenters. The number of methoxy groups -OCH3 is 1. The largest absolute Gasteiger partial charge is 0.497 e. The number of carbonyl (C=O) groups excluding carboxylic acids is 1. The SMILES string of the molecule is COc1ccc2cc(C(C)C(=O)OCCOCCON(O)O)ccc2c1. The van der Waals surface area contributed by atoms with Gasteiger partial charge >= 0.3 is 5.97 Å². The number of ether oxygens (including phenoxy) is 3. The Balaban J connectivity index is 1.81. The minimum atomic E-state index is -0.401. The number of carbonyl (C=O) groups is 1. The Morgan fingerprint density at radius 3 is 2.46 bits per heavy atom. The molecule has 0 radical (unpaired) electrons. The predicted octanol–water partition coefficient (Wildman–Crippen LogP) is 2.52. The molecule has 0 amide bonds. The molecule has 2 N–H and O–H groups in total. The van der Waals surface area contributed by atoms with Gasteiger partial charge in [-0.05, 0) is 35.4 Å². The maximum atomic E-state index is 12.2. The van der Waals surface area contributed by atoms with E-state index < -0.39 is 5.92 Å². The molecule has 0 heterocycles. The zero-order chi connectivity index (χ0) is 18.9. The Labute approximate surface area is 151 Å². The second kappa shape index (κ2) is 10.0. The lowest BCUT2D eigenvalue weighted by atomic mass is 9.98. The highest BCUT2D eigenvalue weighted by molar-refractivity contribution is 5.86. The van der Waals surface area contributed by atoms with Gasteiger partial charge in [-0.2, -0.15) is 0 Å². The number of benzene rings is 2. The summed E-state index contributed by atoms with van der Waals surface area (Å²) >= 11 is 0. The third-order valence-electron chi connectivity index (χ3n) is 3.83. The highest BCUT2D eigenvalue weighted by atomic mass is 17.1. The topological polar surface area (TPSA) is 97.7 Å². The van der Waals surface area contributed by atoms with E-state index in [1.807, 2.05) is 36.4 Å². The van der Waals surface area contributed by atoms with Crippen LogP contribution >= 0.6 is 0 Å². The standard InChI is InChI=1S/C18H23NO7/c1-13(18(20)25-9-7-24-8-10-26-19(21)22)14-3-4-16-12-17(23-2)6-5-15(16)11-14/h3-6,11-13,21-22H,7-10H2,1-2H3. The quantitative estimate of drug-likeness (QED) is 0.377. The summed E-state index contributed by atoms with van der Waals surface area (Å²) in [6.45, 7) is 2.20. The Bertz CT molecular complexity index is 720. The van der Waals surface area contributed by atoms with Crippen LogP contribution in [0.25, 0.3) is 10.8 Å². The van der Waals surface area contributed by atoms with Crippen molar-refractivity contribution in [1.82, 2.24) is 5.39 Å². The monoisotopic (exact) mass is 365 g/mol. The van der Waals surface area contributed by atoms with Crippen LogP contribution in [0, 0.1) is 0 Å². The average Bonchev–Trinajstić information content (AvgIpc) is 2.65. The second-order valence-corrected chi connectivity index (χ2v) is 5.56. The van der Waals surface area contributed by atoms with Gasteiger partial charge in [0.05, 0.1) is 38.2 Å². The summed E-state index contributed by atoms with van der Waals surface area (Å²) in [7, 11) is 1.62. The Hall–Kier alpha value is -2.23. The van der Waals surface area contributed by atoms with Gasteiger partial charge in [-0.3, -0.25) is 15.2 Å². The average molecular weight is 365 g/mol. The highest BCUT2D eigenvalue weighted by Crippen LogP contribution is 2.25. The van der Waals surface area contributed by atoms with Gasteiger partial charge in [0.1, 0.15) is 12.4 Å². The van der Waals surface area contributed by atoms with Gasteiger partial charge in [0.15, 0.2) is 0 Å². The lowest BCUT2D eigenvalue weighted by Gasteiger charge is -2.13. The van der Waals surface area contributed by atoms with Gasteiger partial charge in [0.2, 0.25) is 0 Å². The molecular weight excluding hydrogens is 342 g/mol. The summed E-state index contributed by atoms with van der Waals surface area (Å²) in [5, 5.41) is 18.3. The van der Waals surface area contributed by atoms with E-state index >= 15 is 0 Å². The van der Waals surface area contributed by atoms with Crippen molar-refractivity contribution in [2.75, 3.05) is 33.5 Å². The van der Waals surface area contributed by atoms with E-state index in [-0.39, 0.29) is 37.8 Å². The molecule has 0 saturated heterocycles. The van der Waals surface area contributed by atoms with E-state index in [1.165, 1.54) is 0 Å². The van der Waals surface area contributed by atoms with Gasteiger partial charge in [0.25, 0.3) is 0 Å². The van der Waals surface area contributed by atoms with Gasteiger partial charge in [-0.1, -0.05) is 24.3 Å². The van der Waals surface area contributed by atoms with Gasteiger partial charge < -0.3 is 14.2 Å². The lowest BCUT2D eigenvalue weighted by Crippen LogP contribution is -2.20. The zero-order valence-corrected chi connectivity index (χ0v) is 14.8. The number of rotatable bonds is 10. The molecule has 0 aliphatic carbocycles. The Morgan fingerprint density at radius 1 is 1.04 bits per heavy atom. The van der Waals surface area contributed by atoms with Crippen molar-refractivity contribution in [3.05, 3.63) is 42.0 Å². The van der Waals surface area contributed by atoms with E-state index in [9.17, 15) is 4.79 Å². The first-order chi connectivity index (χ1) is 12.5. The molecule has 8 heteroatoms. The highest BCUT2D eigenvalue weighted by Gasteiger charge is 2.17. The fourth-order valence-corrected chi connectivity index (χ4v) is 2.38. The molecule has 0 aromatic heterocycles. The van der Waals surface area contributed by atoms with Crippen LogP contribution in [0.2, 0.25) is 0 Å². The minimum absolute atomic E-state index is 0.0285. The molecule has 0 fully saturated rings. The second-order valence-electron chi connectivity index (χ2n) is 5.56. The summed E-state index contributed by atoms with van der Waals surface area (Å²) in [6, 6.07) is 11.6. The van der Waals surface area contributed by atoms with Crippen LogP contribution in [0.4, 0.5) is 0 Å². The molecule has 2 aromatic rings. The Kier molecular flexibility index (Phi) is 7.76. The molecule has 0 bridgehead atoms. The molecule has 142 valence electrons. The molecule has 0 spiro atoms. The van der Waals surface area contributed by atoms with Crippen LogP contribution in [0.3, 0.4) is 0 Å². The number of hydrogen-bond donors (Lipinski definition) is 2. The van der Waals surface area contributed by atoms with Gasteiger partial charge in [-0.25, -0.2) is 4.84 Å². The molecule has 0 aliphatic heterocycles. The molecule has 26 heavy (non-hydrogen) atoms. The minimum Gasteiger partial charge on any atom is -0.497 e. The lowest BCUT2D eigenvalue weighted by molar-refractivity contribution is -0.493. The number of fused-ring (bicyclic) bond motifs is 1. The van der Waals surface area contributed by atoms with Crippen LogP contribution in [-0.4, -0.2) is 55.3 Å². The molecule has 0 saturated carbocycles. The molecular formula is C18H23NO7. The van der Waals surface area contributed by atoms with Crippen molar-refractivity contribution in [3.63, 3.8) is 0 Å². The van der Waals surface area contributed by atoms with Crippen LogP contribution in [0.1, 0.15) is 18.4 Å². The van der Waals surface area contributed by atoms with Crippen molar-refractivity contribution in [3.8, 4) is 5.75 Å². The first-order valence-corrected chi connectivity index (χ1v) is 8.14. The molecule has 8 nitrogen and oxygen atoms in total. The van der Waals surface area contributed by atoms with Gasteiger partial charge in [-0.15, -0.1) is 0 Å². The van der Waals surface area contributed by atoms with Crippen LogP contribution < -0.4 is 4.74 Å². The third kappa shape index (κ3) is 5.94. The van der Waals surface area contributed by atoms with Crippen molar-refractivity contribution < 1.29 is 34.3 Å². The predicted molar refractivity (Wildman–Crippen MR) is 92.1 cm³/mol. The first-order valence-electron chi connectivity index (χ1n) is 8.14. The molecule has 2 aromatic carbocycles. The normalized spacial score (nSPS) is 12.3. The smallest absolute Gasteiger partial charge is 0.313 e. The van der Waals surface area contributed by atoms with Gasteiger partial charge in [0, 0.05) is 0 Å². The van der Waals surface area contributed by atoms with Crippen molar-refractivity contribution in [2.24, 2.45) is 0 Å². The molecule has 1 unspecified atom stereocenters. The fraction of sp³-hybridized carbons (Fsp3) is 0.389. The Morgan fingerprint density at radius 2 is 1.73 bits per heavy atom. The summed E-state index contributed by atoms with van der Waals surface area (Å²) in [4.78, 5) is 16.5. The van der Waals surface area contributed by atoms with Crippen molar-refractivity contribution in [2.45, 2.75) is 12.8 Å². The summed E-state index contributed by atoms with van der Waals surface area (Å²) in [5.41, 5.74) is 0.868. The molecule has 0 aliphatic rings. The number of hydrogen-bond acceptors (Lipinski definition) is 8. The van der Waals surface area contributed by atoms with E-state index in [0.717, 1.165) is 22.1 Å². The first kappa shape index (κ1) is 20.1. The van der Waals surface area contributed by atoms with E-state index in [4.69, 9.17) is 24.6 Å². The molecule has 2 rings (SSSR count). The summed E-state index contributed by atoms with van der Waals surface area (Å²) in [5.74, 6) is 0.0468. The zero-order valence-electron chi connectivity index (χ0n) is 14.8. The third-order valence-corrected chi connectivity index (χ3v) is 3.83. The maximum absolute atomic E-state index is 12.2. The van der Waals surface area contributed by atoms with Crippen LogP contribution in [-0.2, 0) is 19.1 Å². The van der Waals surface area contributed by atoms with Crippen LogP contribution in [0.15, 0.2) is 36.4 Å². The summed E-state index contributed by atoms with van der Waals surface area (Å²) in [6.07, 6.45) is 0. The summed E-state index contributed by atoms with van der Waals surface area (Å²) < 4.78 is 15.5. The van der Waals surface area contributed by atoms with Crippen molar-refractivity contribution >= 4 is 16.7 Å². The number of esters is 1. The fourth-order valence-electron chi connectivity index (χ4n) is 2.38. The number of nitrogens with zero attached hydrogens (tertiary/aromatic N) is 1.